The molecule has 0 spiro atoms. The monoisotopic (exact) mass is 253 g/mol. The standard InChI is InChI=1S/C14H14F3N/c1-10-3-4-12-8-13(6-5-11(12)7-10)18(2)9-14(15,16)17/h3-8H,9H2,1-2H3. The van der Waals surface area contributed by atoms with Crippen LogP contribution in [0.15, 0.2) is 36.4 Å². The molecular formula is C14H14F3N. The van der Waals surface area contributed by atoms with E-state index in [1.807, 2.05) is 31.2 Å². The Balaban J connectivity index is 2.32. The molecule has 0 saturated carbocycles. The van der Waals surface area contributed by atoms with Crippen LogP contribution in [0, 0.1) is 6.92 Å². The van der Waals surface area contributed by atoms with Crippen molar-refractivity contribution >= 4 is 16.5 Å². The highest BCUT2D eigenvalue weighted by Gasteiger charge is 2.29. The second-order valence-corrected chi connectivity index (χ2v) is 4.51. The maximum Gasteiger partial charge on any atom is 0.405 e. The van der Waals surface area contributed by atoms with Crippen LogP contribution in [-0.2, 0) is 0 Å². The molecule has 2 rings (SSSR count). The van der Waals surface area contributed by atoms with Gasteiger partial charge in [0.25, 0.3) is 0 Å². The normalized spacial score (nSPS) is 11.8. The first-order valence-corrected chi connectivity index (χ1v) is 5.63. The molecule has 0 N–H and O–H groups in total. The number of rotatable bonds is 2. The van der Waals surface area contributed by atoms with Gasteiger partial charge in [-0.25, -0.2) is 0 Å². The van der Waals surface area contributed by atoms with Gasteiger partial charge in [0.1, 0.15) is 6.54 Å². The Morgan fingerprint density at radius 1 is 1.00 bits per heavy atom. The van der Waals surface area contributed by atoms with Crippen molar-refractivity contribution in [2.24, 2.45) is 0 Å². The molecule has 0 unspecified atom stereocenters. The van der Waals surface area contributed by atoms with E-state index in [1.165, 1.54) is 11.9 Å². The molecule has 4 heteroatoms. The van der Waals surface area contributed by atoms with Gasteiger partial charge in [-0.15, -0.1) is 0 Å². The van der Waals surface area contributed by atoms with E-state index in [-0.39, 0.29) is 0 Å². The van der Waals surface area contributed by atoms with Crippen LogP contribution in [0.4, 0.5) is 18.9 Å². The van der Waals surface area contributed by atoms with E-state index >= 15 is 0 Å². The summed E-state index contributed by atoms with van der Waals surface area (Å²) in [5.41, 5.74) is 1.71. The highest BCUT2D eigenvalue weighted by atomic mass is 19.4. The van der Waals surface area contributed by atoms with Gasteiger partial charge < -0.3 is 4.90 Å². The lowest BCUT2D eigenvalue weighted by atomic mass is 10.1. The Bertz CT molecular complexity index is 560. The van der Waals surface area contributed by atoms with Crippen molar-refractivity contribution in [3.05, 3.63) is 42.0 Å². The number of fused-ring (bicyclic) bond motifs is 1. The SMILES string of the molecule is Cc1ccc2cc(N(C)CC(F)(F)F)ccc2c1. The van der Waals surface area contributed by atoms with E-state index in [0.29, 0.717) is 5.69 Å². The summed E-state index contributed by atoms with van der Waals surface area (Å²) < 4.78 is 37.0. The van der Waals surface area contributed by atoms with Crippen molar-refractivity contribution in [3.8, 4) is 0 Å². The zero-order valence-electron chi connectivity index (χ0n) is 10.3. The summed E-state index contributed by atoms with van der Waals surface area (Å²) in [4.78, 5) is 1.21. The van der Waals surface area contributed by atoms with E-state index in [4.69, 9.17) is 0 Å². The lowest BCUT2D eigenvalue weighted by Crippen LogP contribution is -2.30. The fraction of sp³-hybridized carbons (Fsp3) is 0.286. The molecule has 0 aromatic heterocycles. The first-order valence-electron chi connectivity index (χ1n) is 5.63. The van der Waals surface area contributed by atoms with Gasteiger partial charge in [-0.05, 0) is 29.8 Å². The van der Waals surface area contributed by atoms with E-state index in [0.717, 1.165) is 16.3 Å². The quantitative estimate of drug-likeness (QED) is 0.777. The molecular weight excluding hydrogens is 239 g/mol. The van der Waals surface area contributed by atoms with Gasteiger partial charge in [0.15, 0.2) is 0 Å². The Labute approximate surface area is 104 Å². The number of hydrogen-bond acceptors (Lipinski definition) is 1. The van der Waals surface area contributed by atoms with Gasteiger partial charge >= 0.3 is 6.18 Å². The summed E-state index contributed by atoms with van der Waals surface area (Å²) in [5.74, 6) is 0. The summed E-state index contributed by atoms with van der Waals surface area (Å²) in [6.45, 7) is 1.05. The third-order valence-corrected chi connectivity index (χ3v) is 2.84. The topological polar surface area (TPSA) is 3.24 Å². The first kappa shape index (κ1) is 12.7. The minimum absolute atomic E-state index is 0.573. The van der Waals surface area contributed by atoms with Crippen LogP contribution in [0.5, 0.6) is 0 Å². The van der Waals surface area contributed by atoms with Gasteiger partial charge in [0.2, 0.25) is 0 Å². The van der Waals surface area contributed by atoms with Gasteiger partial charge in [0, 0.05) is 12.7 Å². The molecule has 2 aromatic carbocycles. The Kier molecular flexibility index (Phi) is 3.20. The number of aryl methyl sites for hydroxylation is 1. The van der Waals surface area contributed by atoms with Crippen molar-refractivity contribution in [3.63, 3.8) is 0 Å². The summed E-state index contributed by atoms with van der Waals surface area (Å²) >= 11 is 0. The molecule has 0 aliphatic heterocycles. The molecule has 0 saturated heterocycles. The van der Waals surface area contributed by atoms with Crippen LogP contribution in [-0.4, -0.2) is 19.8 Å². The minimum Gasteiger partial charge on any atom is -0.366 e. The number of benzene rings is 2. The van der Waals surface area contributed by atoms with Crippen LogP contribution >= 0.6 is 0 Å². The summed E-state index contributed by atoms with van der Waals surface area (Å²) in [6.07, 6.45) is -4.18. The molecule has 96 valence electrons. The second-order valence-electron chi connectivity index (χ2n) is 4.51. The summed E-state index contributed by atoms with van der Waals surface area (Å²) in [6, 6.07) is 11.2. The molecule has 0 aliphatic rings. The highest BCUT2D eigenvalue weighted by Crippen LogP contribution is 2.25. The average molecular weight is 253 g/mol. The Morgan fingerprint density at radius 3 is 2.28 bits per heavy atom. The molecule has 0 amide bonds. The smallest absolute Gasteiger partial charge is 0.366 e. The largest absolute Gasteiger partial charge is 0.405 e. The third kappa shape index (κ3) is 2.94. The number of nitrogens with zero attached hydrogens (tertiary/aromatic N) is 1. The molecule has 0 atom stereocenters. The Hall–Kier alpha value is -1.71. The lowest BCUT2D eigenvalue weighted by Gasteiger charge is -2.21. The number of halogens is 3. The van der Waals surface area contributed by atoms with Gasteiger partial charge in [-0.3, -0.25) is 0 Å². The molecule has 2 aromatic rings. The maximum atomic E-state index is 12.3. The predicted molar refractivity (Wildman–Crippen MR) is 68.0 cm³/mol. The molecule has 0 aliphatic carbocycles. The van der Waals surface area contributed by atoms with Crippen molar-refractivity contribution in [1.82, 2.24) is 0 Å². The summed E-state index contributed by atoms with van der Waals surface area (Å²) in [5, 5.41) is 1.99. The molecule has 0 fully saturated rings. The van der Waals surface area contributed by atoms with E-state index in [2.05, 4.69) is 0 Å². The third-order valence-electron chi connectivity index (χ3n) is 2.84. The van der Waals surface area contributed by atoms with Crippen LogP contribution < -0.4 is 4.90 Å². The van der Waals surface area contributed by atoms with Crippen molar-refractivity contribution in [2.45, 2.75) is 13.1 Å². The Morgan fingerprint density at radius 2 is 1.61 bits per heavy atom. The number of alkyl halides is 3. The van der Waals surface area contributed by atoms with Crippen LogP contribution in [0.1, 0.15) is 5.56 Å². The minimum atomic E-state index is -4.18. The van der Waals surface area contributed by atoms with Crippen LogP contribution in [0.25, 0.3) is 10.8 Å². The van der Waals surface area contributed by atoms with Crippen molar-refractivity contribution in [1.29, 1.82) is 0 Å². The van der Waals surface area contributed by atoms with Gasteiger partial charge in [0.05, 0.1) is 0 Å². The zero-order valence-corrected chi connectivity index (χ0v) is 10.3. The average Bonchev–Trinajstić information content (AvgIpc) is 2.26. The maximum absolute atomic E-state index is 12.3. The first-order chi connectivity index (χ1) is 8.35. The molecule has 0 bridgehead atoms. The predicted octanol–water partition coefficient (Wildman–Crippen LogP) is 4.15. The molecule has 0 radical (unpaired) electrons. The second kappa shape index (κ2) is 4.52. The van der Waals surface area contributed by atoms with Gasteiger partial charge in [-0.1, -0.05) is 29.8 Å². The highest BCUT2D eigenvalue weighted by molar-refractivity contribution is 5.86. The fourth-order valence-corrected chi connectivity index (χ4v) is 1.95. The van der Waals surface area contributed by atoms with E-state index in [1.54, 1.807) is 12.1 Å². The molecule has 18 heavy (non-hydrogen) atoms. The van der Waals surface area contributed by atoms with Crippen LogP contribution in [0.3, 0.4) is 0 Å². The van der Waals surface area contributed by atoms with E-state index in [9.17, 15) is 13.2 Å². The number of anilines is 1. The summed E-state index contributed by atoms with van der Waals surface area (Å²) in [7, 11) is 1.45. The lowest BCUT2D eigenvalue weighted by molar-refractivity contribution is -0.119. The van der Waals surface area contributed by atoms with Crippen molar-refractivity contribution in [2.75, 3.05) is 18.5 Å². The van der Waals surface area contributed by atoms with Crippen molar-refractivity contribution < 1.29 is 13.2 Å². The number of hydrogen-bond donors (Lipinski definition) is 0. The van der Waals surface area contributed by atoms with Gasteiger partial charge in [-0.2, -0.15) is 13.2 Å². The fourth-order valence-electron chi connectivity index (χ4n) is 1.95. The van der Waals surface area contributed by atoms with Crippen LogP contribution in [0.2, 0.25) is 0 Å². The molecule has 0 heterocycles. The molecule has 1 nitrogen and oxygen atoms in total. The zero-order chi connectivity index (χ0) is 13.3. The van der Waals surface area contributed by atoms with E-state index < -0.39 is 12.7 Å².